The van der Waals surface area contributed by atoms with Crippen molar-refractivity contribution in [3.63, 3.8) is 0 Å². The maximum atomic E-state index is 8.70. The Labute approximate surface area is 113 Å². The van der Waals surface area contributed by atoms with Gasteiger partial charge in [0.2, 0.25) is 5.96 Å². The molecule has 0 bridgehead atoms. The van der Waals surface area contributed by atoms with Gasteiger partial charge in [-0.2, -0.15) is 5.26 Å². The van der Waals surface area contributed by atoms with Gasteiger partial charge in [0, 0.05) is 20.3 Å². The van der Waals surface area contributed by atoms with Gasteiger partial charge in [-0.25, -0.2) is 10.8 Å². The van der Waals surface area contributed by atoms with E-state index in [1.807, 2.05) is 12.1 Å². The van der Waals surface area contributed by atoms with Gasteiger partial charge in [-0.1, -0.05) is 12.1 Å². The number of ether oxygens (including phenoxy) is 1. The standard InChI is InChI=1S/C13H19N5O/c1-19-8-2-7-16-13(18-15)17-10-12-5-3-11(9-14)4-6-12/h3-6H,2,7-8,10,15H2,1H3,(H2,16,17,18). The van der Waals surface area contributed by atoms with Gasteiger partial charge in [0.25, 0.3) is 0 Å². The molecule has 0 aliphatic heterocycles. The van der Waals surface area contributed by atoms with Crippen LogP contribution in [0, 0.1) is 11.3 Å². The van der Waals surface area contributed by atoms with E-state index in [1.54, 1.807) is 19.2 Å². The topological polar surface area (TPSA) is 95.5 Å². The minimum Gasteiger partial charge on any atom is -0.385 e. The molecular formula is C13H19N5O. The largest absolute Gasteiger partial charge is 0.385 e. The number of hydrogen-bond donors (Lipinski definition) is 3. The molecule has 0 radical (unpaired) electrons. The summed E-state index contributed by atoms with van der Waals surface area (Å²) in [6.07, 6.45) is 0.883. The van der Waals surface area contributed by atoms with Crippen LogP contribution in [0.3, 0.4) is 0 Å². The summed E-state index contributed by atoms with van der Waals surface area (Å²) in [4.78, 5) is 4.31. The number of methoxy groups -OCH3 is 1. The average molecular weight is 261 g/mol. The number of hydrazine groups is 1. The van der Waals surface area contributed by atoms with E-state index in [1.165, 1.54) is 0 Å². The molecule has 0 atom stereocenters. The summed E-state index contributed by atoms with van der Waals surface area (Å²) >= 11 is 0. The van der Waals surface area contributed by atoms with Crippen LogP contribution in [0.15, 0.2) is 29.3 Å². The number of nitrogens with one attached hydrogen (secondary N) is 2. The molecule has 0 aliphatic rings. The number of aliphatic imine (C=N–C) groups is 1. The third-order valence-electron chi connectivity index (χ3n) is 2.46. The zero-order valence-corrected chi connectivity index (χ0v) is 11.0. The molecule has 0 fully saturated rings. The maximum absolute atomic E-state index is 8.70. The van der Waals surface area contributed by atoms with Gasteiger partial charge in [-0.15, -0.1) is 0 Å². The lowest BCUT2D eigenvalue weighted by molar-refractivity contribution is 0.195. The Morgan fingerprint density at radius 2 is 2.16 bits per heavy atom. The van der Waals surface area contributed by atoms with Crippen LogP contribution in [0.25, 0.3) is 0 Å². The number of rotatable bonds is 6. The third-order valence-corrected chi connectivity index (χ3v) is 2.46. The summed E-state index contributed by atoms with van der Waals surface area (Å²) in [7, 11) is 1.67. The molecule has 0 spiro atoms. The number of nitrogens with zero attached hydrogens (tertiary/aromatic N) is 2. The Balaban J connectivity index is 2.44. The van der Waals surface area contributed by atoms with E-state index < -0.39 is 0 Å². The third kappa shape index (κ3) is 5.86. The zero-order valence-electron chi connectivity index (χ0n) is 11.0. The smallest absolute Gasteiger partial charge is 0.206 e. The molecule has 6 nitrogen and oxygen atoms in total. The Hall–Kier alpha value is -2.10. The second kappa shape index (κ2) is 8.91. The van der Waals surface area contributed by atoms with E-state index in [-0.39, 0.29) is 0 Å². The summed E-state index contributed by atoms with van der Waals surface area (Å²) in [5.41, 5.74) is 4.18. The van der Waals surface area contributed by atoms with E-state index >= 15 is 0 Å². The molecule has 0 aliphatic carbocycles. The number of nitrogens with two attached hydrogens (primary N) is 1. The normalized spacial score (nSPS) is 10.9. The number of nitriles is 1. The first-order valence-electron chi connectivity index (χ1n) is 6.03. The van der Waals surface area contributed by atoms with Crippen LogP contribution in [0.5, 0.6) is 0 Å². The minimum absolute atomic E-state index is 0.502. The Morgan fingerprint density at radius 1 is 1.42 bits per heavy atom. The molecule has 1 aromatic carbocycles. The molecule has 0 saturated carbocycles. The van der Waals surface area contributed by atoms with Gasteiger partial charge in [-0.3, -0.25) is 5.43 Å². The van der Waals surface area contributed by atoms with Crippen LogP contribution in [-0.4, -0.2) is 26.2 Å². The number of benzene rings is 1. The van der Waals surface area contributed by atoms with Crippen molar-refractivity contribution in [2.75, 3.05) is 20.3 Å². The van der Waals surface area contributed by atoms with Crippen molar-refractivity contribution in [1.82, 2.24) is 10.7 Å². The molecule has 0 unspecified atom stereocenters. The Morgan fingerprint density at radius 3 is 2.74 bits per heavy atom. The van der Waals surface area contributed by atoms with Gasteiger partial charge in [0.1, 0.15) is 0 Å². The van der Waals surface area contributed by atoms with Crippen LogP contribution >= 0.6 is 0 Å². The van der Waals surface area contributed by atoms with Crippen molar-refractivity contribution in [2.45, 2.75) is 13.0 Å². The van der Waals surface area contributed by atoms with Gasteiger partial charge in [-0.05, 0) is 24.1 Å². The van der Waals surface area contributed by atoms with Crippen LogP contribution in [0.1, 0.15) is 17.5 Å². The SMILES string of the molecule is COCCCNC(=NCc1ccc(C#N)cc1)NN. The Bertz CT molecular complexity index is 435. The van der Waals surface area contributed by atoms with E-state index in [9.17, 15) is 0 Å². The molecule has 102 valence electrons. The fourth-order valence-electron chi connectivity index (χ4n) is 1.43. The molecule has 0 saturated heterocycles. The fourth-order valence-corrected chi connectivity index (χ4v) is 1.43. The van der Waals surface area contributed by atoms with Crippen molar-refractivity contribution < 1.29 is 4.74 Å². The van der Waals surface area contributed by atoms with E-state index in [4.69, 9.17) is 15.8 Å². The van der Waals surface area contributed by atoms with Crippen molar-refractivity contribution in [3.8, 4) is 6.07 Å². The second-order valence-electron chi connectivity index (χ2n) is 3.89. The summed E-state index contributed by atoms with van der Waals surface area (Å²) in [5, 5.41) is 11.8. The van der Waals surface area contributed by atoms with E-state index in [2.05, 4.69) is 21.8 Å². The molecule has 4 N–H and O–H groups in total. The van der Waals surface area contributed by atoms with E-state index in [0.717, 1.165) is 18.5 Å². The number of hydrogen-bond acceptors (Lipinski definition) is 4. The van der Waals surface area contributed by atoms with Crippen molar-refractivity contribution in [1.29, 1.82) is 5.26 Å². The molecule has 1 rings (SSSR count). The Kier molecular flexibility index (Phi) is 7.02. The molecule has 19 heavy (non-hydrogen) atoms. The minimum atomic E-state index is 0.502. The van der Waals surface area contributed by atoms with Crippen LogP contribution < -0.4 is 16.6 Å². The lowest BCUT2D eigenvalue weighted by Crippen LogP contribution is -2.42. The second-order valence-corrected chi connectivity index (χ2v) is 3.89. The molecule has 0 heterocycles. The summed E-state index contributed by atoms with van der Waals surface area (Å²) < 4.78 is 4.95. The summed E-state index contributed by atoms with van der Waals surface area (Å²) in [6.45, 7) is 1.94. The first kappa shape index (κ1) is 15.0. The monoisotopic (exact) mass is 261 g/mol. The van der Waals surface area contributed by atoms with E-state index in [0.29, 0.717) is 24.7 Å². The highest BCUT2D eigenvalue weighted by Crippen LogP contribution is 2.04. The predicted octanol–water partition coefficient (Wildman–Crippen LogP) is 0.504. The molecule has 6 heteroatoms. The molecule has 0 aromatic heterocycles. The highest BCUT2D eigenvalue weighted by atomic mass is 16.5. The van der Waals surface area contributed by atoms with Crippen molar-refractivity contribution in [3.05, 3.63) is 35.4 Å². The lowest BCUT2D eigenvalue weighted by Gasteiger charge is -2.08. The lowest BCUT2D eigenvalue weighted by atomic mass is 10.1. The predicted molar refractivity (Wildman–Crippen MR) is 74.1 cm³/mol. The first-order chi connectivity index (χ1) is 9.30. The molecular weight excluding hydrogens is 242 g/mol. The van der Waals surface area contributed by atoms with Gasteiger partial charge in [0.05, 0.1) is 18.2 Å². The van der Waals surface area contributed by atoms with Crippen molar-refractivity contribution in [2.24, 2.45) is 10.8 Å². The first-order valence-corrected chi connectivity index (χ1v) is 6.03. The quantitative estimate of drug-likeness (QED) is 0.228. The van der Waals surface area contributed by atoms with Gasteiger partial charge >= 0.3 is 0 Å². The zero-order chi connectivity index (χ0) is 13.9. The molecule has 1 aromatic rings. The summed E-state index contributed by atoms with van der Waals surface area (Å²) in [5.74, 6) is 5.92. The number of guanidine groups is 1. The summed E-state index contributed by atoms with van der Waals surface area (Å²) in [6, 6.07) is 9.37. The van der Waals surface area contributed by atoms with Crippen molar-refractivity contribution >= 4 is 5.96 Å². The van der Waals surface area contributed by atoms with Crippen LogP contribution in [-0.2, 0) is 11.3 Å². The highest BCUT2D eigenvalue weighted by molar-refractivity contribution is 5.79. The van der Waals surface area contributed by atoms with Gasteiger partial charge in [0.15, 0.2) is 0 Å². The average Bonchev–Trinajstić information content (AvgIpc) is 2.47. The molecule has 0 amide bonds. The van der Waals surface area contributed by atoms with Crippen LogP contribution in [0.2, 0.25) is 0 Å². The van der Waals surface area contributed by atoms with Crippen LogP contribution in [0.4, 0.5) is 0 Å². The highest BCUT2D eigenvalue weighted by Gasteiger charge is 1.97. The fraction of sp³-hybridized carbons (Fsp3) is 0.385. The maximum Gasteiger partial charge on any atom is 0.206 e. The van der Waals surface area contributed by atoms with Gasteiger partial charge < -0.3 is 10.1 Å².